The largest absolute Gasteiger partial charge is 0.497 e. The molecule has 1 aromatic carbocycles. The fraction of sp³-hybridized carbons (Fsp3) is 0.444. The Kier molecular flexibility index (Phi) is 7.54. The highest BCUT2D eigenvalue weighted by molar-refractivity contribution is 7.80. The summed E-state index contributed by atoms with van der Waals surface area (Å²) < 4.78 is 10.1. The van der Waals surface area contributed by atoms with Crippen molar-refractivity contribution >= 4 is 35.1 Å². The molecule has 146 valence electrons. The molecule has 0 bridgehead atoms. The molecular weight excluding hydrogens is 370 g/mol. The topological polar surface area (TPSA) is 97.0 Å². The second-order valence-electron chi connectivity index (χ2n) is 5.91. The molecule has 1 aromatic rings. The number of amides is 2. The minimum absolute atomic E-state index is 0.0963. The van der Waals surface area contributed by atoms with Gasteiger partial charge in [0.1, 0.15) is 11.8 Å². The number of methoxy groups -OCH3 is 1. The van der Waals surface area contributed by atoms with Gasteiger partial charge >= 0.3 is 5.97 Å². The van der Waals surface area contributed by atoms with Gasteiger partial charge in [0.05, 0.1) is 20.1 Å². The molecule has 0 spiro atoms. The van der Waals surface area contributed by atoms with Crippen LogP contribution in [0.5, 0.6) is 5.75 Å². The molecule has 0 aliphatic carbocycles. The number of rotatable bonds is 6. The van der Waals surface area contributed by atoms with Gasteiger partial charge in [-0.1, -0.05) is 6.92 Å². The van der Waals surface area contributed by atoms with E-state index in [-0.39, 0.29) is 17.4 Å². The lowest BCUT2D eigenvalue weighted by molar-refractivity contribution is -0.147. The molecule has 1 fully saturated rings. The maximum Gasteiger partial charge on any atom is 0.308 e. The molecule has 1 aliphatic rings. The van der Waals surface area contributed by atoms with Crippen molar-refractivity contribution in [3.05, 3.63) is 29.8 Å². The van der Waals surface area contributed by atoms with Crippen LogP contribution in [-0.4, -0.2) is 60.6 Å². The molecule has 27 heavy (non-hydrogen) atoms. The first-order chi connectivity index (χ1) is 13.0. The van der Waals surface area contributed by atoms with E-state index in [4.69, 9.17) is 21.7 Å². The van der Waals surface area contributed by atoms with Crippen molar-refractivity contribution in [2.24, 2.45) is 0 Å². The van der Waals surface area contributed by atoms with Crippen molar-refractivity contribution in [2.45, 2.75) is 25.8 Å². The number of benzene rings is 1. The van der Waals surface area contributed by atoms with Crippen molar-refractivity contribution in [3.63, 3.8) is 0 Å². The number of carbonyl (C=O) groups is 3. The number of carbonyl (C=O) groups excluding carboxylic acids is 3. The number of esters is 1. The van der Waals surface area contributed by atoms with Gasteiger partial charge in [-0.25, -0.2) is 0 Å². The summed E-state index contributed by atoms with van der Waals surface area (Å²) in [4.78, 5) is 38.0. The summed E-state index contributed by atoms with van der Waals surface area (Å²) in [7, 11) is 1.54. The van der Waals surface area contributed by atoms with Crippen LogP contribution in [-0.2, 0) is 14.3 Å². The number of hydrogen-bond donors (Lipinski definition) is 2. The molecule has 0 aromatic heterocycles. The smallest absolute Gasteiger partial charge is 0.308 e. The molecular formula is C18H23N3O5S. The standard InChI is InChI=1S/C18H23N3O5S/c1-3-10-26-15(22)11-14-17(24)19-8-9-21(14)18(27)20-16(23)12-4-6-13(25-2)7-5-12/h4-7,14H,3,8-11H2,1-2H3,(H,19,24)(H,20,23,27). The summed E-state index contributed by atoms with van der Waals surface area (Å²) in [6.45, 7) is 2.94. The third kappa shape index (κ3) is 5.65. The molecule has 2 N–H and O–H groups in total. The Balaban J connectivity index is 2.03. The highest BCUT2D eigenvalue weighted by Crippen LogP contribution is 2.13. The second-order valence-corrected chi connectivity index (χ2v) is 6.30. The summed E-state index contributed by atoms with van der Waals surface area (Å²) in [5, 5.41) is 5.41. The lowest BCUT2D eigenvalue weighted by Gasteiger charge is -2.36. The highest BCUT2D eigenvalue weighted by atomic mass is 32.1. The summed E-state index contributed by atoms with van der Waals surface area (Å²) >= 11 is 5.31. The number of nitrogens with one attached hydrogen (secondary N) is 2. The highest BCUT2D eigenvalue weighted by Gasteiger charge is 2.34. The SMILES string of the molecule is CCCOC(=O)CC1C(=O)NCCN1C(=S)NC(=O)c1ccc(OC)cc1. The van der Waals surface area contributed by atoms with Gasteiger partial charge in [-0.3, -0.25) is 19.7 Å². The van der Waals surface area contributed by atoms with Gasteiger partial charge in [0.2, 0.25) is 5.91 Å². The molecule has 1 unspecified atom stereocenters. The maximum atomic E-state index is 12.4. The summed E-state index contributed by atoms with van der Waals surface area (Å²) in [6.07, 6.45) is 0.563. The lowest BCUT2D eigenvalue weighted by Crippen LogP contribution is -2.60. The monoisotopic (exact) mass is 393 g/mol. The van der Waals surface area contributed by atoms with Crippen LogP contribution in [0, 0.1) is 0 Å². The van der Waals surface area contributed by atoms with E-state index in [1.807, 2.05) is 6.92 Å². The van der Waals surface area contributed by atoms with Gasteiger partial charge < -0.3 is 19.7 Å². The van der Waals surface area contributed by atoms with Crippen molar-refractivity contribution in [2.75, 3.05) is 26.8 Å². The molecule has 9 heteroatoms. The van der Waals surface area contributed by atoms with Gasteiger partial charge in [0.25, 0.3) is 5.91 Å². The van der Waals surface area contributed by atoms with Gasteiger partial charge in [-0.15, -0.1) is 0 Å². The molecule has 8 nitrogen and oxygen atoms in total. The van der Waals surface area contributed by atoms with E-state index in [9.17, 15) is 14.4 Å². The van der Waals surface area contributed by atoms with Crippen LogP contribution >= 0.6 is 12.2 Å². The van der Waals surface area contributed by atoms with Crippen LogP contribution < -0.4 is 15.4 Å². The molecule has 1 saturated heterocycles. The number of hydrogen-bond acceptors (Lipinski definition) is 6. The van der Waals surface area contributed by atoms with Gasteiger partial charge in [0, 0.05) is 18.7 Å². The summed E-state index contributed by atoms with van der Waals surface area (Å²) in [5.74, 6) is -0.572. The Morgan fingerprint density at radius 2 is 2.04 bits per heavy atom. The zero-order valence-electron chi connectivity index (χ0n) is 15.3. The molecule has 2 amide bonds. The quantitative estimate of drug-likeness (QED) is 0.546. The van der Waals surface area contributed by atoms with Gasteiger partial charge in [-0.2, -0.15) is 0 Å². The minimum atomic E-state index is -0.813. The Morgan fingerprint density at radius 3 is 2.67 bits per heavy atom. The Morgan fingerprint density at radius 1 is 1.33 bits per heavy atom. The fourth-order valence-corrected chi connectivity index (χ4v) is 2.89. The number of nitrogens with zero attached hydrogens (tertiary/aromatic N) is 1. The number of ether oxygens (including phenoxy) is 2. The van der Waals surface area contributed by atoms with E-state index in [1.165, 1.54) is 7.11 Å². The van der Waals surface area contributed by atoms with Crippen LogP contribution in [0.4, 0.5) is 0 Å². The molecule has 0 saturated carbocycles. The average molecular weight is 393 g/mol. The first-order valence-electron chi connectivity index (χ1n) is 8.65. The first-order valence-corrected chi connectivity index (χ1v) is 9.06. The van der Waals surface area contributed by atoms with Crippen LogP contribution in [0.25, 0.3) is 0 Å². The predicted octanol–water partition coefficient (Wildman–Crippen LogP) is 0.854. The van der Waals surface area contributed by atoms with Gasteiger partial charge in [0.15, 0.2) is 5.11 Å². The van der Waals surface area contributed by atoms with E-state index in [2.05, 4.69) is 10.6 Å². The lowest BCUT2D eigenvalue weighted by atomic mass is 10.1. The first kappa shape index (κ1) is 20.6. The van der Waals surface area contributed by atoms with Gasteiger partial charge in [-0.05, 0) is 42.9 Å². The number of piperazine rings is 1. The second kappa shape index (κ2) is 9.86. The zero-order valence-corrected chi connectivity index (χ0v) is 16.1. The van der Waals surface area contributed by atoms with E-state index >= 15 is 0 Å². The molecule has 1 heterocycles. The third-order valence-corrected chi connectivity index (χ3v) is 4.33. The Bertz CT molecular complexity index is 707. The molecule has 0 radical (unpaired) electrons. The van der Waals surface area contributed by atoms with Crippen molar-refractivity contribution < 1.29 is 23.9 Å². The Labute approximate surface area is 163 Å². The third-order valence-electron chi connectivity index (χ3n) is 3.99. The molecule has 1 aliphatic heterocycles. The Hall–Kier alpha value is -2.68. The maximum absolute atomic E-state index is 12.4. The zero-order chi connectivity index (χ0) is 19.8. The van der Waals surface area contributed by atoms with E-state index < -0.39 is 17.9 Å². The minimum Gasteiger partial charge on any atom is -0.497 e. The van der Waals surface area contributed by atoms with Crippen LogP contribution in [0.3, 0.4) is 0 Å². The van der Waals surface area contributed by atoms with Crippen LogP contribution in [0.15, 0.2) is 24.3 Å². The van der Waals surface area contributed by atoms with E-state index in [1.54, 1.807) is 29.2 Å². The van der Waals surface area contributed by atoms with Crippen LogP contribution in [0.2, 0.25) is 0 Å². The summed E-state index contributed by atoms with van der Waals surface area (Å²) in [6, 6.07) is 5.74. The van der Waals surface area contributed by atoms with Crippen LogP contribution in [0.1, 0.15) is 30.1 Å². The van der Waals surface area contributed by atoms with Crippen molar-refractivity contribution in [1.29, 1.82) is 0 Å². The predicted molar refractivity (Wildman–Crippen MR) is 102 cm³/mol. The molecule has 1 atom stereocenters. The van der Waals surface area contributed by atoms with Crippen molar-refractivity contribution in [1.82, 2.24) is 15.5 Å². The number of thiocarbonyl (C=S) groups is 1. The fourth-order valence-electron chi connectivity index (χ4n) is 2.58. The van der Waals surface area contributed by atoms with Crippen molar-refractivity contribution in [3.8, 4) is 5.75 Å². The average Bonchev–Trinajstić information content (AvgIpc) is 2.67. The normalized spacial score (nSPS) is 16.3. The van der Waals surface area contributed by atoms with E-state index in [0.29, 0.717) is 37.4 Å². The summed E-state index contributed by atoms with van der Waals surface area (Å²) in [5.41, 5.74) is 0.401. The molecule has 2 rings (SSSR count). The van der Waals surface area contributed by atoms with E-state index in [0.717, 1.165) is 0 Å².